The van der Waals surface area contributed by atoms with Crippen LogP contribution in [0.1, 0.15) is 10.4 Å². The highest BCUT2D eigenvalue weighted by molar-refractivity contribution is 7.18. The summed E-state index contributed by atoms with van der Waals surface area (Å²) in [6, 6.07) is 7.43. The van der Waals surface area contributed by atoms with Crippen molar-refractivity contribution in [2.75, 3.05) is 5.43 Å². The number of carbonyl (C=O) groups is 1. The third-order valence-corrected chi connectivity index (χ3v) is 5.70. The zero-order valence-electron chi connectivity index (χ0n) is 12.9. The number of fused-ring (bicyclic) bond motifs is 1. The van der Waals surface area contributed by atoms with E-state index in [4.69, 9.17) is 11.6 Å². The van der Waals surface area contributed by atoms with Crippen molar-refractivity contribution in [3.63, 3.8) is 0 Å². The molecule has 1 N–H and O–H groups in total. The molecule has 9 heteroatoms. The van der Waals surface area contributed by atoms with E-state index in [-0.39, 0.29) is 10.6 Å². The fourth-order valence-corrected chi connectivity index (χ4v) is 4.36. The quantitative estimate of drug-likeness (QED) is 0.550. The Morgan fingerprint density at radius 2 is 2.12 bits per heavy atom. The van der Waals surface area contributed by atoms with Gasteiger partial charge < -0.3 is 0 Å². The van der Waals surface area contributed by atoms with Gasteiger partial charge in [0.25, 0.3) is 11.5 Å². The van der Waals surface area contributed by atoms with Crippen LogP contribution in [-0.4, -0.2) is 15.6 Å². The summed E-state index contributed by atoms with van der Waals surface area (Å²) >= 11 is 8.66. The van der Waals surface area contributed by atoms with Crippen molar-refractivity contribution >= 4 is 50.4 Å². The van der Waals surface area contributed by atoms with Crippen LogP contribution in [0.15, 0.2) is 52.2 Å². The highest BCUT2D eigenvalue weighted by Gasteiger charge is 2.17. The van der Waals surface area contributed by atoms with Gasteiger partial charge in [-0.1, -0.05) is 17.7 Å². The molecule has 0 unspecified atom stereocenters. The number of carbonyl (C=O) groups excluding carboxylic acids is 1. The van der Waals surface area contributed by atoms with E-state index in [1.54, 1.807) is 0 Å². The van der Waals surface area contributed by atoms with Crippen molar-refractivity contribution in [3.05, 3.63) is 74.2 Å². The van der Waals surface area contributed by atoms with Gasteiger partial charge in [-0.05, 0) is 29.6 Å². The third-order valence-electron chi connectivity index (χ3n) is 3.68. The van der Waals surface area contributed by atoms with Gasteiger partial charge in [-0.15, -0.1) is 22.7 Å². The van der Waals surface area contributed by atoms with Gasteiger partial charge in [-0.25, -0.2) is 14.1 Å². The summed E-state index contributed by atoms with van der Waals surface area (Å²) in [5, 5.41) is 4.40. The largest absolute Gasteiger partial charge is 0.281 e. The molecular weight excluding hydrogens is 397 g/mol. The van der Waals surface area contributed by atoms with Gasteiger partial charge in [0.05, 0.1) is 10.9 Å². The van der Waals surface area contributed by atoms with E-state index >= 15 is 0 Å². The molecule has 1 aromatic carbocycles. The molecule has 3 heterocycles. The monoisotopic (exact) mass is 405 g/mol. The maximum absolute atomic E-state index is 13.9. The molecule has 0 aliphatic carbocycles. The normalized spacial score (nSPS) is 11.0. The lowest BCUT2D eigenvalue weighted by molar-refractivity contribution is 0.100. The van der Waals surface area contributed by atoms with Crippen molar-refractivity contribution in [2.24, 2.45) is 0 Å². The zero-order valence-corrected chi connectivity index (χ0v) is 15.3. The Bertz CT molecular complexity index is 1180. The standard InChI is InChI=1S/C17H9ClFN3O2S2/c18-9-3-4-12(19)10(6-9)15(23)21-22-8-20-16-14(17(22)24)11(7-26-16)13-2-1-5-25-13/h1-8H,(H,21,23). The van der Waals surface area contributed by atoms with Crippen molar-refractivity contribution in [2.45, 2.75) is 0 Å². The summed E-state index contributed by atoms with van der Waals surface area (Å²) in [7, 11) is 0. The third kappa shape index (κ3) is 2.92. The number of rotatable bonds is 3. The number of amides is 1. The van der Waals surface area contributed by atoms with Crippen LogP contribution in [0.3, 0.4) is 0 Å². The predicted octanol–water partition coefficient (Wildman–Crippen LogP) is 4.36. The van der Waals surface area contributed by atoms with Gasteiger partial charge in [-0.3, -0.25) is 15.0 Å². The Kier molecular flexibility index (Phi) is 4.31. The van der Waals surface area contributed by atoms with Crippen molar-refractivity contribution in [1.82, 2.24) is 9.66 Å². The SMILES string of the molecule is O=C(Nn1cnc2scc(-c3cccs3)c2c1=O)c1cc(Cl)ccc1F. The van der Waals surface area contributed by atoms with E-state index in [0.717, 1.165) is 21.2 Å². The van der Waals surface area contributed by atoms with Crippen molar-refractivity contribution in [1.29, 1.82) is 0 Å². The molecule has 0 aliphatic rings. The number of halogens is 2. The van der Waals surface area contributed by atoms with Gasteiger partial charge in [0.1, 0.15) is 17.0 Å². The molecule has 0 bridgehead atoms. The maximum atomic E-state index is 13.9. The first kappa shape index (κ1) is 16.9. The fraction of sp³-hybridized carbons (Fsp3) is 0. The molecule has 5 nitrogen and oxygen atoms in total. The van der Waals surface area contributed by atoms with Gasteiger partial charge >= 0.3 is 0 Å². The number of thiophene rings is 2. The zero-order chi connectivity index (χ0) is 18.3. The molecule has 3 aromatic heterocycles. The number of hydrogen-bond donors (Lipinski definition) is 1. The van der Waals surface area contributed by atoms with Gasteiger partial charge in [-0.2, -0.15) is 0 Å². The number of benzene rings is 1. The van der Waals surface area contributed by atoms with Crippen LogP contribution in [0, 0.1) is 5.82 Å². The molecule has 0 saturated heterocycles. The van der Waals surface area contributed by atoms with E-state index in [1.807, 2.05) is 22.9 Å². The topological polar surface area (TPSA) is 64.0 Å². The Morgan fingerprint density at radius 1 is 1.27 bits per heavy atom. The molecule has 1 amide bonds. The minimum Gasteiger partial charge on any atom is -0.267 e. The Hall–Kier alpha value is -2.55. The van der Waals surface area contributed by atoms with Gasteiger partial charge in [0.2, 0.25) is 0 Å². The predicted molar refractivity (Wildman–Crippen MR) is 102 cm³/mol. The van der Waals surface area contributed by atoms with E-state index in [1.165, 1.54) is 41.1 Å². The second kappa shape index (κ2) is 6.64. The van der Waals surface area contributed by atoms with E-state index < -0.39 is 17.3 Å². The van der Waals surface area contributed by atoms with Crippen LogP contribution in [0.5, 0.6) is 0 Å². The molecule has 4 aromatic rings. The molecular formula is C17H9ClFN3O2S2. The molecule has 130 valence electrons. The van der Waals surface area contributed by atoms with E-state index in [2.05, 4.69) is 10.4 Å². The molecule has 4 rings (SSSR count). The summed E-state index contributed by atoms with van der Waals surface area (Å²) in [4.78, 5) is 30.9. The Balaban J connectivity index is 1.77. The number of hydrogen-bond acceptors (Lipinski definition) is 5. The Morgan fingerprint density at radius 3 is 2.88 bits per heavy atom. The number of nitrogens with zero attached hydrogens (tertiary/aromatic N) is 2. The summed E-state index contributed by atoms with van der Waals surface area (Å²) < 4.78 is 14.8. The minimum atomic E-state index is -0.791. The highest BCUT2D eigenvalue weighted by Crippen LogP contribution is 2.33. The number of aromatic nitrogens is 2. The lowest BCUT2D eigenvalue weighted by Gasteiger charge is -2.09. The number of nitrogens with one attached hydrogen (secondary N) is 1. The Labute approximate surface area is 159 Å². The van der Waals surface area contributed by atoms with Crippen LogP contribution in [0.2, 0.25) is 5.02 Å². The average Bonchev–Trinajstić information content (AvgIpc) is 3.28. The first-order valence-corrected chi connectivity index (χ1v) is 9.47. The fourth-order valence-electron chi connectivity index (χ4n) is 2.47. The second-order valence-corrected chi connectivity index (χ2v) is 7.53. The molecule has 0 aliphatic heterocycles. The van der Waals surface area contributed by atoms with Crippen molar-refractivity contribution in [3.8, 4) is 10.4 Å². The summed E-state index contributed by atoms with van der Waals surface area (Å²) in [6.07, 6.45) is 1.21. The van der Waals surface area contributed by atoms with Gasteiger partial charge in [0, 0.05) is 20.8 Å². The molecule has 0 spiro atoms. The molecule has 0 atom stereocenters. The van der Waals surface area contributed by atoms with Crippen LogP contribution < -0.4 is 11.0 Å². The molecule has 0 saturated carbocycles. The molecule has 0 fully saturated rings. The van der Waals surface area contributed by atoms with Crippen LogP contribution >= 0.6 is 34.3 Å². The van der Waals surface area contributed by atoms with E-state index in [9.17, 15) is 14.0 Å². The maximum Gasteiger partial charge on any atom is 0.281 e. The first-order chi connectivity index (χ1) is 12.5. The van der Waals surface area contributed by atoms with Crippen LogP contribution in [0.25, 0.3) is 20.7 Å². The average molecular weight is 406 g/mol. The van der Waals surface area contributed by atoms with Crippen molar-refractivity contribution < 1.29 is 9.18 Å². The summed E-state index contributed by atoms with van der Waals surface area (Å²) in [5.41, 5.74) is 2.43. The van der Waals surface area contributed by atoms with Crippen LogP contribution in [-0.2, 0) is 0 Å². The van der Waals surface area contributed by atoms with E-state index in [0.29, 0.717) is 10.2 Å². The lowest BCUT2D eigenvalue weighted by atomic mass is 10.2. The molecule has 0 radical (unpaired) electrons. The van der Waals surface area contributed by atoms with Gasteiger partial charge in [0.15, 0.2) is 0 Å². The lowest BCUT2D eigenvalue weighted by Crippen LogP contribution is -2.33. The summed E-state index contributed by atoms with van der Waals surface area (Å²) in [5.74, 6) is -1.52. The molecule has 26 heavy (non-hydrogen) atoms. The highest BCUT2D eigenvalue weighted by atomic mass is 35.5. The smallest absolute Gasteiger partial charge is 0.267 e. The van der Waals surface area contributed by atoms with Crippen LogP contribution in [0.4, 0.5) is 4.39 Å². The second-order valence-electron chi connectivity index (χ2n) is 5.29. The minimum absolute atomic E-state index is 0.218. The summed E-state index contributed by atoms with van der Waals surface area (Å²) in [6.45, 7) is 0. The first-order valence-electron chi connectivity index (χ1n) is 7.34.